The molecule has 3 atom stereocenters. The summed E-state index contributed by atoms with van der Waals surface area (Å²) in [5.74, 6) is -2.70. The lowest BCUT2D eigenvalue weighted by molar-refractivity contribution is -0.0531. The fourth-order valence-electron chi connectivity index (χ4n) is 3.68. The zero-order chi connectivity index (χ0) is 22.3. The summed E-state index contributed by atoms with van der Waals surface area (Å²) in [6, 6.07) is 2.96. The van der Waals surface area contributed by atoms with Crippen LogP contribution in [0.25, 0.3) is 0 Å². The predicted molar refractivity (Wildman–Crippen MR) is 95.4 cm³/mol. The molecule has 7 nitrogen and oxygen atoms in total. The number of ketones is 1. The normalized spacial score (nSPS) is 24.4. The number of carbonyl (C=O) groups is 1. The number of rotatable bonds is 7. The van der Waals surface area contributed by atoms with Crippen LogP contribution in [0.2, 0.25) is 0 Å². The highest BCUT2D eigenvalue weighted by Gasteiger charge is 2.64. The van der Waals surface area contributed by atoms with E-state index >= 15 is 0 Å². The van der Waals surface area contributed by atoms with Gasteiger partial charge in [0, 0.05) is 17.9 Å². The molecular weight excluding hydrogens is 427 g/mol. The van der Waals surface area contributed by atoms with Crippen molar-refractivity contribution in [3.8, 4) is 5.88 Å². The first-order valence-electron chi connectivity index (χ1n) is 9.09. The highest BCUT2D eigenvalue weighted by atomic mass is 19.3. The van der Waals surface area contributed by atoms with Gasteiger partial charge in [0.05, 0.1) is 12.4 Å². The number of fused-ring (bicyclic) bond motifs is 1. The van der Waals surface area contributed by atoms with Crippen LogP contribution in [0, 0.1) is 11.7 Å². The van der Waals surface area contributed by atoms with E-state index in [1.54, 1.807) is 0 Å². The molecule has 1 aromatic heterocycles. The van der Waals surface area contributed by atoms with E-state index in [1.165, 1.54) is 6.07 Å². The standard InChI is InChI=1S/C19H15F5N4O3/c20-11-2-1-8(4-13(29)12-6-27-15(7-26-12)31-17(23)24)3-9(11)19(16(21)22)10-5-14(10)30-18(25)28-19/h1-3,6-7,10,14,16-17H,4-5H2,(H2,25,28)/t10-,14+,19+/m0/s1. The van der Waals surface area contributed by atoms with E-state index in [-0.39, 0.29) is 29.7 Å². The number of aliphatic imine (C=N–C) groups is 1. The van der Waals surface area contributed by atoms with Gasteiger partial charge in [0.15, 0.2) is 11.3 Å². The molecule has 2 aliphatic rings. The lowest BCUT2D eigenvalue weighted by Crippen LogP contribution is -2.43. The van der Waals surface area contributed by atoms with E-state index < -0.39 is 54.1 Å². The first-order chi connectivity index (χ1) is 14.7. The average Bonchev–Trinajstić information content (AvgIpc) is 3.48. The van der Waals surface area contributed by atoms with Crippen molar-refractivity contribution >= 4 is 11.8 Å². The molecule has 0 saturated heterocycles. The summed E-state index contributed by atoms with van der Waals surface area (Å²) in [6.07, 6.45) is -1.89. The van der Waals surface area contributed by atoms with E-state index in [0.29, 0.717) is 0 Å². The first kappa shape index (κ1) is 20.9. The van der Waals surface area contributed by atoms with Crippen LogP contribution in [0.5, 0.6) is 5.88 Å². The van der Waals surface area contributed by atoms with Crippen LogP contribution >= 0.6 is 0 Å². The summed E-state index contributed by atoms with van der Waals surface area (Å²) in [5, 5.41) is 0. The molecule has 1 aliphatic heterocycles. The minimum atomic E-state index is -3.09. The van der Waals surface area contributed by atoms with Crippen molar-refractivity contribution in [3.63, 3.8) is 0 Å². The third kappa shape index (κ3) is 3.89. The number of benzene rings is 1. The number of halogens is 5. The van der Waals surface area contributed by atoms with Gasteiger partial charge in [-0.2, -0.15) is 8.78 Å². The van der Waals surface area contributed by atoms with Gasteiger partial charge < -0.3 is 15.2 Å². The molecule has 164 valence electrons. The van der Waals surface area contributed by atoms with Gasteiger partial charge in [-0.25, -0.2) is 28.1 Å². The van der Waals surface area contributed by atoms with Crippen LogP contribution in [0.3, 0.4) is 0 Å². The highest BCUT2D eigenvalue weighted by Crippen LogP contribution is 2.56. The number of hydrogen-bond acceptors (Lipinski definition) is 7. The number of amidine groups is 1. The van der Waals surface area contributed by atoms with Crippen molar-refractivity contribution in [2.45, 2.75) is 37.5 Å². The monoisotopic (exact) mass is 442 g/mol. The second-order valence-electron chi connectivity index (χ2n) is 7.11. The zero-order valence-electron chi connectivity index (χ0n) is 15.6. The molecular formula is C19H15F5N4O3. The molecule has 1 aromatic carbocycles. The van der Waals surface area contributed by atoms with Gasteiger partial charge in [0.1, 0.15) is 17.6 Å². The molecule has 2 heterocycles. The second kappa shape index (κ2) is 7.75. The summed E-state index contributed by atoms with van der Waals surface area (Å²) < 4.78 is 76.5. The molecule has 0 bridgehead atoms. The Morgan fingerprint density at radius 2 is 2.03 bits per heavy atom. The molecule has 2 aromatic rings. The molecule has 0 spiro atoms. The summed E-state index contributed by atoms with van der Waals surface area (Å²) in [7, 11) is 0. The Morgan fingerprint density at radius 3 is 2.68 bits per heavy atom. The maximum absolute atomic E-state index is 14.6. The number of ether oxygens (including phenoxy) is 2. The van der Waals surface area contributed by atoms with Crippen LogP contribution in [0.4, 0.5) is 22.0 Å². The van der Waals surface area contributed by atoms with E-state index in [1.807, 2.05) is 0 Å². The van der Waals surface area contributed by atoms with Gasteiger partial charge >= 0.3 is 6.61 Å². The van der Waals surface area contributed by atoms with Gasteiger partial charge in [-0.15, -0.1) is 0 Å². The van der Waals surface area contributed by atoms with Crippen molar-refractivity contribution in [2.75, 3.05) is 0 Å². The van der Waals surface area contributed by atoms with E-state index in [9.17, 15) is 26.7 Å². The minimum absolute atomic E-state index is 0.161. The Hall–Kier alpha value is -3.31. The van der Waals surface area contributed by atoms with Crippen molar-refractivity contribution < 1.29 is 36.2 Å². The summed E-state index contributed by atoms with van der Waals surface area (Å²) in [5.41, 5.74) is 3.02. The van der Waals surface area contributed by atoms with Gasteiger partial charge in [-0.05, 0) is 24.1 Å². The predicted octanol–water partition coefficient (Wildman–Crippen LogP) is 2.84. The molecule has 4 rings (SSSR count). The SMILES string of the molecule is NC1=N[C@@](c2cc(CC(=O)c3cnc(OC(F)F)cn3)ccc2F)(C(F)F)[C@H]2C[C@H]2O1. The number of alkyl halides is 4. The van der Waals surface area contributed by atoms with E-state index in [4.69, 9.17) is 10.5 Å². The van der Waals surface area contributed by atoms with Gasteiger partial charge in [0.25, 0.3) is 12.4 Å². The van der Waals surface area contributed by atoms with Crippen LogP contribution in [-0.2, 0) is 16.7 Å². The smallest absolute Gasteiger partial charge is 0.388 e. The second-order valence-corrected chi connectivity index (χ2v) is 7.11. The molecule has 0 amide bonds. The summed E-state index contributed by atoms with van der Waals surface area (Å²) >= 11 is 0. The third-order valence-corrected chi connectivity index (χ3v) is 5.15. The molecule has 1 aliphatic carbocycles. The fraction of sp³-hybridized carbons (Fsp3) is 0.368. The number of nitrogens with two attached hydrogens (primary N) is 1. The maximum Gasteiger partial charge on any atom is 0.388 e. The Bertz CT molecular complexity index is 1030. The summed E-state index contributed by atoms with van der Waals surface area (Å²) in [6.45, 7) is -3.09. The van der Waals surface area contributed by atoms with Crippen LogP contribution in [0.1, 0.15) is 28.0 Å². The largest absolute Gasteiger partial charge is 0.462 e. The number of nitrogens with zero attached hydrogens (tertiary/aromatic N) is 3. The van der Waals surface area contributed by atoms with E-state index in [0.717, 1.165) is 24.5 Å². The number of Topliss-reactive ketones (excluding diaryl/α,β-unsaturated/α-hetero) is 1. The number of aromatic nitrogens is 2. The van der Waals surface area contributed by atoms with Crippen molar-refractivity contribution in [1.82, 2.24) is 9.97 Å². The Morgan fingerprint density at radius 1 is 1.26 bits per heavy atom. The first-order valence-corrected chi connectivity index (χ1v) is 9.09. The molecule has 31 heavy (non-hydrogen) atoms. The van der Waals surface area contributed by atoms with Crippen LogP contribution in [-0.4, -0.2) is 40.9 Å². The molecule has 1 fully saturated rings. The number of carbonyl (C=O) groups excluding carboxylic acids is 1. The average molecular weight is 442 g/mol. The quantitative estimate of drug-likeness (QED) is 0.523. The lowest BCUT2D eigenvalue weighted by Gasteiger charge is -2.33. The van der Waals surface area contributed by atoms with Crippen LogP contribution in [0.15, 0.2) is 35.6 Å². The van der Waals surface area contributed by atoms with Gasteiger partial charge in [0.2, 0.25) is 5.88 Å². The number of hydrogen-bond donors (Lipinski definition) is 1. The molecule has 0 unspecified atom stereocenters. The highest BCUT2D eigenvalue weighted by molar-refractivity contribution is 5.95. The Labute approximate surface area is 172 Å². The van der Waals surface area contributed by atoms with Gasteiger partial charge in [-0.3, -0.25) is 4.79 Å². The van der Waals surface area contributed by atoms with Gasteiger partial charge in [-0.1, -0.05) is 6.07 Å². The molecule has 2 N–H and O–H groups in total. The summed E-state index contributed by atoms with van der Waals surface area (Å²) in [4.78, 5) is 23.5. The minimum Gasteiger partial charge on any atom is -0.462 e. The lowest BCUT2D eigenvalue weighted by atomic mass is 9.83. The molecule has 12 heteroatoms. The fourth-order valence-corrected chi connectivity index (χ4v) is 3.68. The van der Waals surface area contributed by atoms with Crippen molar-refractivity contribution in [2.24, 2.45) is 16.6 Å². The van der Waals surface area contributed by atoms with Crippen molar-refractivity contribution in [3.05, 3.63) is 53.2 Å². The van der Waals surface area contributed by atoms with Crippen LogP contribution < -0.4 is 10.5 Å². The Balaban J connectivity index is 1.61. The zero-order valence-corrected chi connectivity index (χ0v) is 15.6. The third-order valence-electron chi connectivity index (χ3n) is 5.15. The molecule has 1 saturated carbocycles. The maximum atomic E-state index is 14.6. The Kier molecular flexibility index (Phi) is 5.23. The molecule has 0 radical (unpaired) electrons. The van der Waals surface area contributed by atoms with Crippen molar-refractivity contribution in [1.29, 1.82) is 0 Å². The topological polar surface area (TPSA) is 99.7 Å². The van der Waals surface area contributed by atoms with E-state index in [2.05, 4.69) is 19.7 Å².